The van der Waals surface area contributed by atoms with Crippen molar-refractivity contribution in [1.29, 1.82) is 0 Å². The molecule has 2 heterocycles. The van der Waals surface area contributed by atoms with E-state index in [1.807, 2.05) is 0 Å². The lowest BCUT2D eigenvalue weighted by molar-refractivity contribution is 0.0724. The zero-order chi connectivity index (χ0) is 18.7. The van der Waals surface area contributed by atoms with Crippen LogP contribution in [0.4, 0.5) is 0 Å². The van der Waals surface area contributed by atoms with Gasteiger partial charge in [0.2, 0.25) is 10.0 Å². The maximum Gasteiger partial charge on any atom is 0.276 e. The summed E-state index contributed by atoms with van der Waals surface area (Å²) in [6, 6.07) is 6.46. The number of nitrogens with one attached hydrogen (secondary N) is 1. The van der Waals surface area contributed by atoms with E-state index in [1.54, 1.807) is 30.0 Å². The number of hydrogen-bond acceptors (Lipinski definition) is 6. The van der Waals surface area contributed by atoms with Crippen LogP contribution in [-0.2, 0) is 23.0 Å². The second-order valence-corrected chi connectivity index (χ2v) is 8.09. The molecule has 26 heavy (non-hydrogen) atoms. The van der Waals surface area contributed by atoms with Crippen LogP contribution in [0.25, 0.3) is 0 Å². The van der Waals surface area contributed by atoms with Gasteiger partial charge in [-0.2, -0.15) is 0 Å². The number of benzene rings is 1. The number of rotatable bonds is 6. The zero-order valence-electron chi connectivity index (χ0n) is 14.4. The number of carbonyl (C=O) groups excluding carboxylic acids is 1. The molecule has 0 radical (unpaired) electrons. The molecule has 140 valence electrons. The second kappa shape index (κ2) is 7.56. The van der Waals surface area contributed by atoms with Crippen LogP contribution in [0.3, 0.4) is 0 Å². The zero-order valence-corrected chi connectivity index (χ0v) is 15.2. The molecule has 8 nitrogen and oxygen atoms in total. The number of nitrogens with zero attached hydrogens (tertiary/aromatic N) is 2. The third-order valence-corrected chi connectivity index (χ3v) is 5.76. The minimum Gasteiger partial charge on any atom is -0.393 e. The fourth-order valence-electron chi connectivity index (χ4n) is 2.84. The molecule has 1 aliphatic rings. The molecule has 1 aromatic carbocycles. The molecule has 0 saturated carbocycles. The first kappa shape index (κ1) is 18.6. The van der Waals surface area contributed by atoms with Gasteiger partial charge in [0.15, 0.2) is 5.69 Å². The molecule has 0 bridgehead atoms. The molecule has 1 aliphatic heterocycles. The van der Waals surface area contributed by atoms with E-state index in [2.05, 4.69) is 9.88 Å². The van der Waals surface area contributed by atoms with Gasteiger partial charge in [-0.25, -0.2) is 13.1 Å². The number of fused-ring (bicyclic) bond motifs is 1. The first-order chi connectivity index (χ1) is 12.4. The minimum absolute atomic E-state index is 0.151. The van der Waals surface area contributed by atoms with Crippen LogP contribution < -0.4 is 4.72 Å². The second-order valence-electron chi connectivity index (χ2n) is 6.33. The van der Waals surface area contributed by atoms with Gasteiger partial charge in [-0.15, -0.1) is 0 Å². The van der Waals surface area contributed by atoms with E-state index in [-0.39, 0.29) is 23.0 Å². The molecule has 0 unspecified atom stereocenters. The predicted octanol–water partition coefficient (Wildman–Crippen LogP) is 0.922. The smallest absolute Gasteiger partial charge is 0.276 e. The summed E-state index contributed by atoms with van der Waals surface area (Å²) in [5.41, 5.74) is 2.06. The van der Waals surface area contributed by atoms with Crippen molar-refractivity contribution in [3.8, 4) is 0 Å². The van der Waals surface area contributed by atoms with Gasteiger partial charge in [0.1, 0.15) is 6.26 Å². The first-order valence-electron chi connectivity index (χ1n) is 8.36. The van der Waals surface area contributed by atoms with Crippen LogP contribution in [-0.4, -0.2) is 48.7 Å². The van der Waals surface area contributed by atoms with E-state index in [4.69, 9.17) is 4.52 Å². The molecular weight excluding hydrogens is 358 g/mol. The van der Waals surface area contributed by atoms with Crippen molar-refractivity contribution >= 4 is 15.9 Å². The summed E-state index contributed by atoms with van der Waals surface area (Å²) < 4.78 is 32.0. The maximum absolute atomic E-state index is 12.4. The molecule has 1 aromatic heterocycles. The third kappa shape index (κ3) is 4.12. The quantitative estimate of drug-likeness (QED) is 0.772. The molecule has 1 amide bonds. The standard InChI is InChI=1S/C17H21N3O5S/c1-12(21)4-7-18-26(23,24)15-3-2-13-5-8-20(11-14(13)10-15)17(22)16-6-9-25-19-16/h2-3,6,9-10,12,18,21H,4-5,7-8,11H2,1H3/t12-/m1/s1. The molecule has 9 heteroatoms. The average Bonchev–Trinajstić information content (AvgIpc) is 3.14. The van der Waals surface area contributed by atoms with E-state index in [0.717, 1.165) is 11.1 Å². The van der Waals surface area contributed by atoms with Gasteiger partial charge >= 0.3 is 0 Å². The minimum atomic E-state index is -3.66. The monoisotopic (exact) mass is 379 g/mol. The van der Waals surface area contributed by atoms with Crippen LogP contribution in [0, 0.1) is 0 Å². The topological polar surface area (TPSA) is 113 Å². The fourth-order valence-corrected chi connectivity index (χ4v) is 3.94. The Balaban J connectivity index is 1.76. The summed E-state index contributed by atoms with van der Waals surface area (Å²) >= 11 is 0. The fraction of sp³-hybridized carbons (Fsp3) is 0.412. The Labute approximate surface area is 151 Å². The van der Waals surface area contributed by atoms with E-state index in [1.165, 1.54) is 12.3 Å². The van der Waals surface area contributed by atoms with Crippen molar-refractivity contribution in [3.05, 3.63) is 47.3 Å². The number of aromatic nitrogens is 1. The Hall–Kier alpha value is -2.23. The lowest BCUT2D eigenvalue weighted by Gasteiger charge is -2.28. The van der Waals surface area contributed by atoms with Gasteiger partial charge in [0.05, 0.1) is 11.0 Å². The first-order valence-corrected chi connectivity index (χ1v) is 9.84. The number of sulfonamides is 1. The molecule has 1 atom stereocenters. The Morgan fingerprint density at radius 2 is 2.19 bits per heavy atom. The Bertz CT molecular complexity index is 878. The van der Waals surface area contributed by atoms with E-state index < -0.39 is 16.1 Å². The number of aliphatic hydroxyl groups is 1. The van der Waals surface area contributed by atoms with Crippen LogP contribution in [0.1, 0.15) is 35.0 Å². The van der Waals surface area contributed by atoms with E-state index >= 15 is 0 Å². The highest BCUT2D eigenvalue weighted by Gasteiger charge is 2.25. The number of hydrogen-bond donors (Lipinski definition) is 2. The highest BCUT2D eigenvalue weighted by molar-refractivity contribution is 7.89. The summed E-state index contributed by atoms with van der Waals surface area (Å²) in [5.74, 6) is -0.243. The average molecular weight is 379 g/mol. The van der Waals surface area contributed by atoms with E-state index in [0.29, 0.717) is 25.9 Å². The Kier molecular flexibility index (Phi) is 5.40. The van der Waals surface area contributed by atoms with Crippen LogP contribution in [0.15, 0.2) is 39.9 Å². The largest absolute Gasteiger partial charge is 0.393 e. The molecule has 2 N–H and O–H groups in total. The Morgan fingerprint density at radius 1 is 1.38 bits per heavy atom. The third-order valence-electron chi connectivity index (χ3n) is 4.30. The molecule has 2 aromatic rings. The SMILES string of the molecule is C[C@@H](O)CCNS(=O)(=O)c1ccc2c(c1)CN(C(=O)c1ccon1)CC2. The van der Waals surface area contributed by atoms with Crippen LogP contribution >= 0.6 is 0 Å². The van der Waals surface area contributed by atoms with Crippen molar-refractivity contribution < 1.29 is 22.8 Å². The molecular formula is C17H21N3O5S. The van der Waals surface area contributed by atoms with Crippen LogP contribution in [0.5, 0.6) is 0 Å². The summed E-state index contributed by atoms with van der Waals surface area (Å²) in [4.78, 5) is 14.2. The predicted molar refractivity (Wildman–Crippen MR) is 92.9 cm³/mol. The maximum atomic E-state index is 12.4. The van der Waals surface area contributed by atoms with Gasteiger partial charge < -0.3 is 14.5 Å². The van der Waals surface area contributed by atoms with Crippen molar-refractivity contribution in [2.24, 2.45) is 0 Å². The van der Waals surface area contributed by atoms with Crippen LogP contribution in [0.2, 0.25) is 0 Å². The van der Waals surface area contributed by atoms with Gasteiger partial charge in [0.25, 0.3) is 5.91 Å². The summed E-state index contributed by atoms with van der Waals surface area (Å²) in [6.07, 6.45) is 1.76. The van der Waals surface area contributed by atoms with E-state index in [9.17, 15) is 18.3 Å². The van der Waals surface area contributed by atoms with Gasteiger partial charge in [-0.1, -0.05) is 11.2 Å². The Morgan fingerprint density at radius 3 is 2.88 bits per heavy atom. The summed E-state index contributed by atoms with van der Waals surface area (Å²) in [6.45, 7) is 2.62. The number of aliphatic hydroxyl groups excluding tert-OH is 1. The van der Waals surface area contributed by atoms with Gasteiger partial charge in [-0.3, -0.25) is 4.79 Å². The number of carbonyl (C=O) groups is 1. The van der Waals surface area contributed by atoms with Crippen molar-refractivity contribution in [2.75, 3.05) is 13.1 Å². The van der Waals surface area contributed by atoms with Gasteiger partial charge in [0, 0.05) is 25.7 Å². The highest BCUT2D eigenvalue weighted by atomic mass is 32.2. The molecule has 3 rings (SSSR count). The lowest BCUT2D eigenvalue weighted by Crippen LogP contribution is -2.36. The number of amides is 1. The molecule has 0 fully saturated rings. The summed E-state index contributed by atoms with van der Waals surface area (Å²) in [7, 11) is -3.66. The molecule has 0 spiro atoms. The van der Waals surface area contributed by atoms with Crippen molar-refractivity contribution in [2.45, 2.75) is 37.3 Å². The lowest BCUT2D eigenvalue weighted by atomic mass is 9.99. The van der Waals surface area contributed by atoms with Crippen molar-refractivity contribution in [3.63, 3.8) is 0 Å². The van der Waals surface area contributed by atoms with Crippen molar-refractivity contribution in [1.82, 2.24) is 14.8 Å². The highest BCUT2D eigenvalue weighted by Crippen LogP contribution is 2.23. The summed E-state index contributed by atoms with van der Waals surface area (Å²) in [5, 5.41) is 12.9. The molecule has 0 aliphatic carbocycles. The van der Waals surface area contributed by atoms with Gasteiger partial charge in [-0.05, 0) is 43.0 Å². The molecule has 0 saturated heterocycles. The normalized spacial score (nSPS) is 15.5.